The van der Waals surface area contributed by atoms with Gasteiger partial charge in [0.2, 0.25) is 5.91 Å². The summed E-state index contributed by atoms with van der Waals surface area (Å²) in [6.07, 6.45) is -0.664. The summed E-state index contributed by atoms with van der Waals surface area (Å²) in [6.45, 7) is 1.57. The number of nitrogens with two attached hydrogens (primary N) is 1. The highest BCUT2D eigenvalue weighted by Crippen LogP contribution is 1.83. The molecule has 0 saturated carbocycles. The Bertz CT molecular complexity index is 212. The zero-order valence-electron chi connectivity index (χ0n) is 6.96. The maximum atomic E-state index is 10.4. The Morgan fingerprint density at radius 1 is 1.58 bits per heavy atom. The Hall–Kier alpha value is -1.59. The van der Waals surface area contributed by atoms with E-state index in [1.165, 1.54) is 7.11 Å². The van der Waals surface area contributed by atoms with E-state index in [0.29, 0.717) is 5.71 Å². The molecule has 0 aromatic rings. The molecule has 0 spiro atoms. The number of carbonyl (C=O) groups is 2. The number of primary amides is 1. The standard InChI is InChI=1S/C6H11N3O3/c1-4(3-5(7)10)8-9-6(11)12-2/h3H2,1-2H3,(H2,7,10)(H,9,11). The van der Waals surface area contributed by atoms with Crippen molar-refractivity contribution in [1.82, 2.24) is 5.43 Å². The molecule has 0 aliphatic carbocycles. The van der Waals surface area contributed by atoms with Crippen LogP contribution in [0, 0.1) is 0 Å². The van der Waals surface area contributed by atoms with E-state index in [1.54, 1.807) is 6.92 Å². The molecule has 0 radical (unpaired) electrons. The van der Waals surface area contributed by atoms with Crippen molar-refractivity contribution in [1.29, 1.82) is 0 Å². The maximum absolute atomic E-state index is 10.4. The number of rotatable bonds is 3. The highest BCUT2D eigenvalue weighted by atomic mass is 16.5. The fourth-order valence-electron chi connectivity index (χ4n) is 0.478. The van der Waals surface area contributed by atoms with Crippen molar-refractivity contribution in [3.05, 3.63) is 0 Å². The second-order valence-electron chi connectivity index (χ2n) is 2.09. The van der Waals surface area contributed by atoms with Gasteiger partial charge >= 0.3 is 6.09 Å². The van der Waals surface area contributed by atoms with Gasteiger partial charge in [-0.3, -0.25) is 4.79 Å². The van der Waals surface area contributed by atoms with E-state index in [4.69, 9.17) is 5.73 Å². The van der Waals surface area contributed by atoms with Gasteiger partial charge in [0.25, 0.3) is 0 Å². The van der Waals surface area contributed by atoms with Crippen LogP contribution in [0.15, 0.2) is 5.10 Å². The largest absolute Gasteiger partial charge is 0.452 e. The van der Waals surface area contributed by atoms with Crippen LogP contribution in [0.5, 0.6) is 0 Å². The van der Waals surface area contributed by atoms with E-state index in [9.17, 15) is 9.59 Å². The summed E-state index contributed by atoms with van der Waals surface area (Å²) in [6, 6.07) is 0. The van der Waals surface area contributed by atoms with Gasteiger partial charge in [0.15, 0.2) is 0 Å². The zero-order valence-corrected chi connectivity index (χ0v) is 6.96. The summed E-state index contributed by atoms with van der Waals surface area (Å²) in [7, 11) is 1.22. The minimum atomic E-state index is -0.682. The van der Waals surface area contributed by atoms with E-state index in [-0.39, 0.29) is 6.42 Å². The van der Waals surface area contributed by atoms with Crippen LogP contribution in [-0.2, 0) is 9.53 Å². The van der Waals surface area contributed by atoms with E-state index in [0.717, 1.165) is 0 Å². The second-order valence-corrected chi connectivity index (χ2v) is 2.09. The second kappa shape index (κ2) is 5.11. The molecule has 0 fully saturated rings. The van der Waals surface area contributed by atoms with E-state index in [2.05, 4.69) is 15.3 Å². The van der Waals surface area contributed by atoms with Gasteiger partial charge in [0.1, 0.15) is 0 Å². The summed E-state index contributed by atoms with van der Waals surface area (Å²) < 4.78 is 4.23. The number of nitrogens with one attached hydrogen (secondary N) is 1. The highest BCUT2D eigenvalue weighted by molar-refractivity contribution is 5.99. The molecule has 0 bridgehead atoms. The molecule has 0 aromatic carbocycles. The molecule has 6 heteroatoms. The van der Waals surface area contributed by atoms with Gasteiger partial charge < -0.3 is 10.5 Å². The number of methoxy groups -OCH3 is 1. The van der Waals surface area contributed by atoms with Gasteiger partial charge in [-0.05, 0) is 6.92 Å². The Morgan fingerprint density at radius 3 is 2.58 bits per heavy atom. The fourth-order valence-corrected chi connectivity index (χ4v) is 0.478. The third kappa shape index (κ3) is 5.21. The van der Waals surface area contributed by atoms with Gasteiger partial charge in [-0.1, -0.05) is 0 Å². The van der Waals surface area contributed by atoms with Crippen LogP contribution in [0.4, 0.5) is 4.79 Å². The number of hydrogen-bond donors (Lipinski definition) is 2. The third-order valence-electron chi connectivity index (χ3n) is 0.954. The number of ether oxygens (including phenoxy) is 1. The molecule has 2 amide bonds. The number of carbonyl (C=O) groups excluding carboxylic acids is 2. The van der Waals surface area contributed by atoms with E-state index in [1.807, 2.05) is 0 Å². The zero-order chi connectivity index (χ0) is 9.56. The molecule has 0 atom stereocenters. The summed E-state index contributed by atoms with van der Waals surface area (Å²) in [5, 5.41) is 3.53. The van der Waals surface area contributed by atoms with Crippen LogP contribution in [0.2, 0.25) is 0 Å². The van der Waals surface area contributed by atoms with Crippen LogP contribution in [0.1, 0.15) is 13.3 Å². The third-order valence-corrected chi connectivity index (χ3v) is 0.954. The minimum Gasteiger partial charge on any atom is -0.452 e. The first kappa shape index (κ1) is 10.4. The number of nitrogens with zero attached hydrogens (tertiary/aromatic N) is 1. The van der Waals surface area contributed by atoms with Crippen LogP contribution in [-0.4, -0.2) is 24.8 Å². The van der Waals surface area contributed by atoms with E-state index < -0.39 is 12.0 Å². The molecule has 0 aromatic heterocycles. The molecule has 12 heavy (non-hydrogen) atoms. The van der Waals surface area contributed by atoms with Gasteiger partial charge in [-0.15, -0.1) is 0 Å². The first-order valence-corrected chi connectivity index (χ1v) is 3.21. The van der Waals surface area contributed by atoms with Gasteiger partial charge in [0, 0.05) is 5.71 Å². The Labute approximate surface area is 69.8 Å². The molecule has 0 aliphatic rings. The Morgan fingerprint density at radius 2 is 2.17 bits per heavy atom. The molecule has 0 aliphatic heterocycles. The normalized spacial score (nSPS) is 10.7. The summed E-state index contributed by atoms with van der Waals surface area (Å²) in [5.41, 5.74) is 7.35. The van der Waals surface area contributed by atoms with Crippen molar-refractivity contribution in [3.8, 4) is 0 Å². The SMILES string of the molecule is COC(=O)NN=C(C)CC(N)=O. The lowest BCUT2D eigenvalue weighted by molar-refractivity contribution is -0.116. The van der Waals surface area contributed by atoms with Crippen molar-refractivity contribution in [2.24, 2.45) is 10.8 Å². The monoisotopic (exact) mass is 173 g/mol. The summed E-state index contributed by atoms with van der Waals surface area (Å²) in [5.74, 6) is -0.497. The number of amides is 2. The molecule has 0 saturated heterocycles. The van der Waals surface area contributed by atoms with Crippen molar-refractivity contribution < 1.29 is 14.3 Å². The molecule has 0 unspecified atom stereocenters. The number of hydrazone groups is 1. The van der Waals surface area contributed by atoms with Crippen molar-refractivity contribution in [2.45, 2.75) is 13.3 Å². The molecule has 6 nitrogen and oxygen atoms in total. The Balaban J connectivity index is 3.84. The topological polar surface area (TPSA) is 93.8 Å². The lowest BCUT2D eigenvalue weighted by Crippen LogP contribution is -2.21. The van der Waals surface area contributed by atoms with Crippen LogP contribution in [0.3, 0.4) is 0 Å². The Kier molecular flexibility index (Phi) is 4.43. The van der Waals surface area contributed by atoms with Crippen LogP contribution < -0.4 is 11.2 Å². The average Bonchev–Trinajstić information content (AvgIpc) is 1.99. The predicted molar refractivity (Wildman–Crippen MR) is 42.5 cm³/mol. The smallest absolute Gasteiger partial charge is 0.427 e. The number of hydrogen-bond acceptors (Lipinski definition) is 4. The molecule has 3 N–H and O–H groups in total. The minimum absolute atomic E-state index is 0.0179. The predicted octanol–water partition coefficient (Wildman–Crippen LogP) is -0.406. The lowest BCUT2D eigenvalue weighted by atomic mass is 10.3. The average molecular weight is 173 g/mol. The van der Waals surface area contributed by atoms with Gasteiger partial charge in [0.05, 0.1) is 13.5 Å². The molecule has 0 rings (SSSR count). The molecule has 0 heterocycles. The quantitative estimate of drug-likeness (QED) is 0.449. The van der Waals surface area contributed by atoms with Gasteiger partial charge in [-0.25, -0.2) is 10.2 Å². The van der Waals surface area contributed by atoms with Crippen LogP contribution >= 0.6 is 0 Å². The summed E-state index contributed by atoms with van der Waals surface area (Å²) in [4.78, 5) is 20.8. The fraction of sp³-hybridized carbons (Fsp3) is 0.500. The first-order valence-electron chi connectivity index (χ1n) is 3.21. The van der Waals surface area contributed by atoms with Crippen molar-refractivity contribution in [2.75, 3.05) is 7.11 Å². The first-order chi connectivity index (χ1) is 5.56. The van der Waals surface area contributed by atoms with Gasteiger partial charge in [-0.2, -0.15) is 5.10 Å². The van der Waals surface area contributed by atoms with Crippen LogP contribution in [0.25, 0.3) is 0 Å². The van der Waals surface area contributed by atoms with E-state index >= 15 is 0 Å². The van der Waals surface area contributed by atoms with Crippen molar-refractivity contribution in [3.63, 3.8) is 0 Å². The highest BCUT2D eigenvalue weighted by Gasteiger charge is 1.99. The molecule has 68 valence electrons. The lowest BCUT2D eigenvalue weighted by Gasteiger charge is -1.98. The maximum Gasteiger partial charge on any atom is 0.427 e. The molecular weight excluding hydrogens is 162 g/mol. The summed E-state index contributed by atoms with van der Waals surface area (Å²) >= 11 is 0. The molecular formula is C6H11N3O3. The van der Waals surface area contributed by atoms with Crippen molar-refractivity contribution >= 4 is 17.7 Å².